The van der Waals surface area contributed by atoms with Crippen LogP contribution < -0.4 is 5.56 Å². The molecule has 10 heteroatoms. The van der Waals surface area contributed by atoms with Crippen LogP contribution in [0.2, 0.25) is 0 Å². The van der Waals surface area contributed by atoms with E-state index < -0.39 is 23.3 Å². The van der Waals surface area contributed by atoms with Gasteiger partial charge in [-0.3, -0.25) is 9.36 Å². The van der Waals surface area contributed by atoms with Gasteiger partial charge in [-0.25, -0.2) is 14.3 Å². The molecule has 0 atom stereocenters. The van der Waals surface area contributed by atoms with E-state index in [1.807, 2.05) is 0 Å². The molecule has 0 unspecified atom stereocenters. The van der Waals surface area contributed by atoms with Crippen LogP contribution in [0.1, 0.15) is 15.9 Å². The van der Waals surface area contributed by atoms with E-state index in [9.17, 15) is 22.8 Å². The maximum absolute atomic E-state index is 13.3. The standard InChI is InChI=1S/C18H11F3N4O3/c1-28-17(27)11-9-23-25-13-6-7-24(16(26)10(13)8-22-15(11)25)14-5-3-2-4-12(14)18(19,20)21/h2-9H,1H3. The van der Waals surface area contributed by atoms with Crippen molar-refractivity contribution in [3.63, 3.8) is 0 Å². The number of hydrogen-bond acceptors (Lipinski definition) is 5. The fraction of sp³-hybridized carbons (Fsp3) is 0.111. The zero-order chi connectivity index (χ0) is 20.1. The fourth-order valence-corrected chi connectivity index (χ4v) is 2.98. The lowest BCUT2D eigenvalue weighted by atomic mass is 10.1. The third-order valence-corrected chi connectivity index (χ3v) is 4.27. The van der Waals surface area contributed by atoms with Gasteiger partial charge in [0.05, 0.1) is 35.5 Å². The number of pyridine rings is 1. The summed E-state index contributed by atoms with van der Waals surface area (Å²) in [6.45, 7) is 0. The molecule has 0 aliphatic carbocycles. The van der Waals surface area contributed by atoms with E-state index >= 15 is 0 Å². The number of ether oxygens (including phenoxy) is 1. The molecule has 0 spiro atoms. The van der Waals surface area contributed by atoms with E-state index in [2.05, 4.69) is 14.8 Å². The molecule has 4 rings (SSSR count). The van der Waals surface area contributed by atoms with Gasteiger partial charge < -0.3 is 4.74 Å². The van der Waals surface area contributed by atoms with Gasteiger partial charge in [0.25, 0.3) is 5.56 Å². The fourth-order valence-electron chi connectivity index (χ4n) is 2.98. The van der Waals surface area contributed by atoms with Crippen molar-refractivity contribution in [3.8, 4) is 5.69 Å². The Balaban J connectivity index is 1.98. The van der Waals surface area contributed by atoms with Gasteiger partial charge in [-0.2, -0.15) is 18.3 Å². The monoisotopic (exact) mass is 388 g/mol. The summed E-state index contributed by atoms with van der Waals surface area (Å²) in [7, 11) is 1.21. The second-order valence-corrected chi connectivity index (χ2v) is 5.85. The molecule has 0 aliphatic rings. The molecule has 1 aromatic carbocycles. The first-order valence-corrected chi connectivity index (χ1v) is 7.96. The smallest absolute Gasteiger partial charge is 0.418 e. The number of halogens is 3. The van der Waals surface area contributed by atoms with Crippen molar-refractivity contribution in [1.82, 2.24) is 19.2 Å². The van der Waals surface area contributed by atoms with Crippen LogP contribution in [0.3, 0.4) is 0 Å². The Hall–Kier alpha value is -3.69. The van der Waals surface area contributed by atoms with Crippen LogP contribution in [-0.2, 0) is 10.9 Å². The molecule has 3 aromatic heterocycles. The summed E-state index contributed by atoms with van der Waals surface area (Å²) in [5.74, 6) is -0.644. The van der Waals surface area contributed by atoms with E-state index in [-0.39, 0.29) is 22.3 Å². The second-order valence-electron chi connectivity index (χ2n) is 5.85. The topological polar surface area (TPSA) is 78.5 Å². The molecule has 28 heavy (non-hydrogen) atoms. The molecular weight excluding hydrogens is 377 g/mol. The minimum absolute atomic E-state index is 0.0477. The van der Waals surface area contributed by atoms with Crippen LogP contribution in [0.15, 0.2) is 53.7 Å². The largest absolute Gasteiger partial charge is 0.465 e. The summed E-state index contributed by atoms with van der Waals surface area (Å²) < 4.78 is 46.8. The van der Waals surface area contributed by atoms with Gasteiger partial charge in [-0.1, -0.05) is 12.1 Å². The first-order valence-electron chi connectivity index (χ1n) is 7.96. The molecule has 0 saturated heterocycles. The summed E-state index contributed by atoms with van der Waals surface area (Å²) in [6, 6.07) is 6.22. The van der Waals surface area contributed by atoms with E-state index in [0.29, 0.717) is 5.52 Å². The number of carbonyl (C=O) groups is 1. The molecule has 4 aromatic rings. The average Bonchev–Trinajstić information content (AvgIpc) is 3.11. The molecule has 0 bridgehead atoms. The summed E-state index contributed by atoms with van der Waals surface area (Å²) in [5, 5.41) is 4.09. The summed E-state index contributed by atoms with van der Waals surface area (Å²) >= 11 is 0. The predicted octanol–water partition coefficient (Wildman–Crippen LogP) is 2.84. The van der Waals surface area contributed by atoms with Crippen molar-refractivity contribution in [2.75, 3.05) is 7.11 Å². The number of nitrogens with zero attached hydrogens (tertiary/aromatic N) is 4. The number of benzene rings is 1. The Morgan fingerprint density at radius 1 is 1.14 bits per heavy atom. The van der Waals surface area contributed by atoms with Gasteiger partial charge in [-0.05, 0) is 18.2 Å². The lowest BCUT2D eigenvalue weighted by Crippen LogP contribution is -2.22. The van der Waals surface area contributed by atoms with Crippen molar-refractivity contribution in [2.45, 2.75) is 6.18 Å². The van der Waals surface area contributed by atoms with Gasteiger partial charge in [0.15, 0.2) is 5.65 Å². The summed E-state index contributed by atoms with van der Waals surface area (Å²) in [6.07, 6.45) is -0.940. The van der Waals surface area contributed by atoms with Crippen molar-refractivity contribution in [1.29, 1.82) is 0 Å². The maximum atomic E-state index is 13.3. The van der Waals surface area contributed by atoms with E-state index in [1.54, 1.807) is 0 Å². The zero-order valence-electron chi connectivity index (χ0n) is 14.3. The van der Waals surface area contributed by atoms with E-state index in [4.69, 9.17) is 0 Å². The van der Waals surface area contributed by atoms with Crippen LogP contribution in [0, 0.1) is 0 Å². The van der Waals surface area contributed by atoms with E-state index in [1.165, 1.54) is 54.5 Å². The van der Waals surface area contributed by atoms with Gasteiger partial charge in [0, 0.05) is 12.4 Å². The number of hydrogen-bond donors (Lipinski definition) is 0. The number of esters is 1. The number of methoxy groups -OCH3 is 1. The molecule has 0 saturated carbocycles. The normalized spacial score (nSPS) is 11.9. The molecule has 0 fully saturated rings. The lowest BCUT2D eigenvalue weighted by Gasteiger charge is -2.14. The van der Waals surface area contributed by atoms with E-state index in [0.717, 1.165) is 10.6 Å². The van der Waals surface area contributed by atoms with Crippen LogP contribution in [-0.4, -0.2) is 32.2 Å². The number of rotatable bonds is 2. The SMILES string of the molecule is COC(=O)c1cnn2c1ncc1c(=O)n(-c3ccccc3C(F)(F)F)ccc12. The van der Waals surface area contributed by atoms with Crippen molar-refractivity contribution < 1.29 is 22.7 Å². The zero-order valence-corrected chi connectivity index (χ0v) is 14.3. The Labute approximate surface area is 154 Å². The van der Waals surface area contributed by atoms with Gasteiger partial charge >= 0.3 is 12.1 Å². The number of para-hydroxylation sites is 1. The van der Waals surface area contributed by atoms with Crippen LogP contribution in [0.25, 0.3) is 22.2 Å². The highest BCUT2D eigenvalue weighted by atomic mass is 19.4. The summed E-state index contributed by atoms with van der Waals surface area (Å²) in [4.78, 5) is 28.7. The summed E-state index contributed by atoms with van der Waals surface area (Å²) in [5.41, 5.74) is -1.34. The van der Waals surface area contributed by atoms with Crippen LogP contribution >= 0.6 is 0 Å². The van der Waals surface area contributed by atoms with Crippen molar-refractivity contribution in [2.24, 2.45) is 0 Å². The number of aromatic nitrogens is 4. The van der Waals surface area contributed by atoms with Crippen LogP contribution in [0.5, 0.6) is 0 Å². The molecule has 0 radical (unpaired) electrons. The predicted molar refractivity (Wildman–Crippen MR) is 92.4 cm³/mol. The highest BCUT2D eigenvalue weighted by molar-refractivity contribution is 5.96. The van der Waals surface area contributed by atoms with Gasteiger partial charge in [0.1, 0.15) is 5.56 Å². The molecule has 0 amide bonds. The third kappa shape index (κ3) is 2.61. The highest BCUT2D eigenvalue weighted by Gasteiger charge is 2.34. The number of carbonyl (C=O) groups excluding carboxylic acids is 1. The maximum Gasteiger partial charge on any atom is 0.418 e. The Bertz CT molecular complexity index is 1290. The van der Waals surface area contributed by atoms with Gasteiger partial charge in [-0.15, -0.1) is 0 Å². The first kappa shape index (κ1) is 17.7. The molecular formula is C18H11F3N4O3. The number of fused-ring (bicyclic) bond motifs is 3. The Morgan fingerprint density at radius 3 is 2.61 bits per heavy atom. The minimum Gasteiger partial charge on any atom is -0.465 e. The van der Waals surface area contributed by atoms with Crippen molar-refractivity contribution >= 4 is 22.5 Å². The quantitative estimate of drug-likeness (QED) is 0.494. The minimum atomic E-state index is -4.62. The second kappa shape index (κ2) is 6.19. The van der Waals surface area contributed by atoms with Crippen LogP contribution in [0.4, 0.5) is 13.2 Å². The molecule has 0 aliphatic heterocycles. The Kier molecular flexibility index (Phi) is 3.91. The van der Waals surface area contributed by atoms with Crippen molar-refractivity contribution in [3.05, 3.63) is 70.4 Å². The number of alkyl halides is 3. The lowest BCUT2D eigenvalue weighted by molar-refractivity contribution is -0.137. The average molecular weight is 388 g/mol. The molecule has 3 heterocycles. The third-order valence-electron chi connectivity index (χ3n) is 4.27. The molecule has 142 valence electrons. The first-order chi connectivity index (χ1) is 13.3. The highest BCUT2D eigenvalue weighted by Crippen LogP contribution is 2.33. The molecule has 7 nitrogen and oxygen atoms in total. The van der Waals surface area contributed by atoms with Gasteiger partial charge in [0.2, 0.25) is 0 Å². The Morgan fingerprint density at radius 2 is 1.89 bits per heavy atom. The molecule has 0 N–H and O–H groups in total.